The molecule has 5 nitrogen and oxygen atoms in total. The maximum Gasteiger partial charge on any atom is 0.290 e. The van der Waals surface area contributed by atoms with E-state index in [0.29, 0.717) is 17.4 Å². The lowest BCUT2D eigenvalue weighted by molar-refractivity contribution is 0.0914. The fourth-order valence-corrected chi connectivity index (χ4v) is 3.04. The predicted molar refractivity (Wildman–Crippen MR) is 72.8 cm³/mol. The van der Waals surface area contributed by atoms with E-state index >= 15 is 0 Å². The molecule has 98 valence electrons. The highest BCUT2D eigenvalue weighted by Gasteiger charge is 2.55. The number of carbonyl (C=O) groups excluding carboxylic acids is 1. The Morgan fingerprint density at radius 3 is 2.84 bits per heavy atom. The second kappa shape index (κ2) is 3.79. The summed E-state index contributed by atoms with van der Waals surface area (Å²) in [5.74, 6) is 0.931. The van der Waals surface area contributed by atoms with Gasteiger partial charge in [-0.15, -0.1) is 10.2 Å². The molecule has 0 aliphatic heterocycles. The van der Waals surface area contributed by atoms with Crippen molar-refractivity contribution < 1.29 is 4.79 Å². The van der Waals surface area contributed by atoms with Crippen molar-refractivity contribution in [2.24, 2.45) is 5.92 Å². The molecule has 0 radical (unpaired) electrons. The van der Waals surface area contributed by atoms with Gasteiger partial charge in [-0.2, -0.15) is 0 Å². The highest BCUT2D eigenvalue weighted by molar-refractivity contribution is 9.10. The lowest BCUT2D eigenvalue weighted by atomic mass is 10.1. The quantitative estimate of drug-likeness (QED) is 0.942. The van der Waals surface area contributed by atoms with E-state index in [9.17, 15) is 4.79 Å². The van der Waals surface area contributed by atoms with E-state index in [2.05, 4.69) is 31.4 Å². The SMILES string of the molecule is O=C(NC1(C2CC2)CC1)c1nnc2ccc(Br)cn12. The molecule has 1 N–H and O–H groups in total. The summed E-state index contributed by atoms with van der Waals surface area (Å²) in [7, 11) is 0. The first-order chi connectivity index (χ1) is 9.18. The van der Waals surface area contributed by atoms with Gasteiger partial charge in [0.05, 0.1) is 0 Å². The molecule has 2 aromatic heterocycles. The van der Waals surface area contributed by atoms with E-state index in [-0.39, 0.29) is 11.4 Å². The van der Waals surface area contributed by atoms with E-state index in [1.165, 1.54) is 12.8 Å². The van der Waals surface area contributed by atoms with Gasteiger partial charge < -0.3 is 5.32 Å². The number of amides is 1. The molecule has 2 aliphatic carbocycles. The maximum absolute atomic E-state index is 12.4. The number of nitrogens with zero attached hydrogens (tertiary/aromatic N) is 3. The van der Waals surface area contributed by atoms with Gasteiger partial charge in [0.2, 0.25) is 5.82 Å². The van der Waals surface area contributed by atoms with Crippen LogP contribution in [0.15, 0.2) is 22.8 Å². The molecule has 6 heteroatoms. The fraction of sp³-hybridized carbons (Fsp3) is 0.462. The van der Waals surface area contributed by atoms with E-state index in [0.717, 1.165) is 17.3 Å². The summed E-state index contributed by atoms with van der Waals surface area (Å²) >= 11 is 3.40. The smallest absolute Gasteiger partial charge is 0.290 e. The van der Waals surface area contributed by atoms with Crippen LogP contribution in [0.4, 0.5) is 0 Å². The van der Waals surface area contributed by atoms with Crippen molar-refractivity contribution in [1.82, 2.24) is 19.9 Å². The molecule has 2 saturated carbocycles. The van der Waals surface area contributed by atoms with Gasteiger partial charge in [0.15, 0.2) is 5.65 Å². The van der Waals surface area contributed by atoms with Crippen LogP contribution in [0.3, 0.4) is 0 Å². The standard InChI is InChI=1S/C13H13BrN4O/c14-9-3-4-10-16-17-11(18(10)7-9)12(19)15-13(5-6-13)8-1-2-8/h3-4,7-8H,1-2,5-6H2,(H,15,19). The van der Waals surface area contributed by atoms with Gasteiger partial charge in [0.25, 0.3) is 5.91 Å². The van der Waals surface area contributed by atoms with E-state index in [1.54, 1.807) is 4.40 Å². The number of rotatable bonds is 3. The highest BCUT2D eigenvalue weighted by Crippen LogP contribution is 2.53. The Bertz CT molecular complexity index is 672. The molecule has 19 heavy (non-hydrogen) atoms. The molecule has 0 bridgehead atoms. The van der Waals surface area contributed by atoms with E-state index < -0.39 is 0 Å². The van der Waals surface area contributed by atoms with Crippen LogP contribution in [0.5, 0.6) is 0 Å². The molecular formula is C13H13BrN4O. The third-order valence-corrected chi connectivity index (χ3v) is 4.55. The number of fused-ring (bicyclic) bond motifs is 1. The number of pyridine rings is 1. The summed E-state index contributed by atoms with van der Waals surface area (Å²) in [6, 6.07) is 3.72. The molecule has 0 atom stereocenters. The zero-order valence-electron chi connectivity index (χ0n) is 10.3. The number of hydrogen-bond donors (Lipinski definition) is 1. The van der Waals surface area contributed by atoms with Crippen molar-refractivity contribution in [3.05, 3.63) is 28.6 Å². The van der Waals surface area contributed by atoms with Crippen molar-refractivity contribution in [3.8, 4) is 0 Å². The van der Waals surface area contributed by atoms with Crippen LogP contribution in [-0.4, -0.2) is 26.0 Å². The number of carbonyl (C=O) groups is 1. The predicted octanol–water partition coefficient (Wildman–Crippen LogP) is 2.16. The van der Waals surface area contributed by atoms with Crippen molar-refractivity contribution in [2.75, 3.05) is 0 Å². The summed E-state index contributed by atoms with van der Waals surface area (Å²) in [4.78, 5) is 12.4. The molecule has 0 unspecified atom stereocenters. The van der Waals surface area contributed by atoms with Crippen LogP contribution in [0, 0.1) is 5.92 Å². The Balaban J connectivity index is 1.66. The minimum atomic E-state index is -0.116. The molecule has 2 aromatic rings. The first kappa shape index (κ1) is 11.4. The van der Waals surface area contributed by atoms with Gasteiger partial charge in [-0.25, -0.2) is 0 Å². The molecule has 0 saturated heterocycles. The number of aromatic nitrogens is 3. The second-order valence-corrected chi connectivity index (χ2v) is 6.40. The zero-order valence-corrected chi connectivity index (χ0v) is 11.9. The first-order valence-electron chi connectivity index (χ1n) is 6.51. The Hall–Kier alpha value is -1.43. The number of halogens is 1. The minimum absolute atomic E-state index is 0.0644. The monoisotopic (exact) mass is 320 g/mol. The number of nitrogens with one attached hydrogen (secondary N) is 1. The van der Waals surface area contributed by atoms with E-state index in [1.807, 2.05) is 18.3 Å². The zero-order chi connectivity index (χ0) is 13.0. The summed E-state index contributed by atoms with van der Waals surface area (Å²) < 4.78 is 2.62. The lowest BCUT2D eigenvalue weighted by Crippen LogP contribution is -2.39. The Kier molecular flexibility index (Phi) is 2.27. The van der Waals surface area contributed by atoms with Crippen molar-refractivity contribution in [2.45, 2.75) is 31.2 Å². The van der Waals surface area contributed by atoms with Crippen LogP contribution >= 0.6 is 15.9 Å². The van der Waals surface area contributed by atoms with Gasteiger partial charge in [0.1, 0.15) is 0 Å². The molecular weight excluding hydrogens is 308 g/mol. The molecule has 4 rings (SSSR count). The third-order valence-electron chi connectivity index (χ3n) is 4.08. The van der Waals surface area contributed by atoms with Crippen LogP contribution in [0.25, 0.3) is 5.65 Å². The first-order valence-corrected chi connectivity index (χ1v) is 7.30. The van der Waals surface area contributed by atoms with Gasteiger partial charge in [0, 0.05) is 16.2 Å². The number of hydrogen-bond acceptors (Lipinski definition) is 3. The summed E-state index contributed by atoms with van der Waals surface area (Å²) in [5, 5.41) is 11.2. The van der Waals surface area contributed by atoms with Gasteiger partial charge in [-0.3, -0.25) is 9.20 Å². The largest absolute Gasteiger partial charge is 0.344 e. The topological polar surface area (TPSA) is 59.3 Å². The molecule has 2 heterocycles. The minimum Gasteiger partial charge on any atom is -0.344 e. The van der Waals surface area contributed by atoms with Crippen molar-refractivity contribution in [1.29, 1.82) is 0 Å². The normalized spacial score (nSPS) is 20.5. The second-order valence-electron chi connectivity index (χ2n) is 5.48. The van der Waals surface area contributed by atoms with E-state index in [4.69, 9.17) is 0 Å². The van der Waals surface area contributed by atoms with Crippen LogP contribution < -0.4 is 5.32 Å². The van der Waals surface area contributed by atoms with Gasteiger partial charge in [-0.1, -0.05) is 0 Å². The fourth-order valence-electron chi connectivity index (χ4n) is 2.71. The lowest BCUT2D eigenvalue weighted by Gasteiger charge is -2.15. The van der Waals surface area contributed by atoms with Crippen LogP contribution in [0.1, 0.15) is 36.3 Å². The Labute approximate surface area is 118 Å². The maximum atomic E-state index is 12.4. The molecule has 2 aliphatic rings. The summed E-state index contributed by atoms with van der Waals surface area (Å²) in [6.07, 6.45) is 6.51. The molecule has 0 spiro atoms. The molecule has 2 fully saturated rings. The third kappa shape index (κ3) is 1.85. The Morgan fingerprint density at radius 2 is 2.16 bits per heavy atom. The molecule has 0 aromatic carbocycles. The van der Waals surface area contributed by atoms with Crippen LogP contribution in [-0.2, 0) is 0 Å². The summed E-state index contributed by atoms with van der Waals surface area (Å²) in [5.41, 5.74) is 0.749. The molecule has 1 amide bonds. The average molecular weight is 321 g/mol. The van der Waals surface area contributed by atoms with Gasteiger partial charge in [-0.05, 0) is 59.7 Å². The van der Waals surface area contributed by atoms with Crippen LogP contribution in [0.2, 0.25) is 0 Å². The average Bonchev–Trinajstić information content (AvgIpc) is 3.27. The Morgan fingerprint density at radius 1 is 1.37 bits per heavy atom. The van der Waals surface area contributed by atoms with Gasteiger partial charge >= 0.3 is 0 Å². The van der Waals surface area contributed by atoms with Crippen molar-refractivity contribution in [3.63, 3.8) is 0 Å². The summed E-state index contributed by atoms with van der Waals surface area (Å²) in [6.45, 7) is 0. The van der Waals surface area contributed by atoms with Crippen molar-refractivity contribution >= 4 is 27.5 Å². The highest BCUT2D eigenvalue weighted by atomic mass is 79.9.